The van der Waals surface area contributed by atoms with Gasteiger partial charge in [-0.1, -0.05) is 12.1 Å². The minimum absolute atomic E-state index is 0.290. The zero-order valence-corrected chi connectivity index (χ0v) is 14.0. The Morgan fingerprint density at radius 1 is 1.21 bits per heavy atom. The summed E-state index contributed by atoms with van der Waals surface area (Å²) in [5.74, 6) is 1.72. The van der Waals surface area contributed by atoms with Gasteiger partial charge in [0.05, 0.1) is 30.5 Å². The van der Waals surface area contributed by atoms with E-state index in [4.69, 9.17) is 9.15 Å². The average Bonchev–Trinajstić information content (AvgIpc) is 3.13. The molecule has 3 rings (SSSR count). The van der Waals surface area contributed by atoms with E-state index in [0.29, 0.717) is 24.4 Å². The Labute approximate surface area is 140 Å². The Bertz CT molecular complexity index is 839. The van der Waals surface area contributed by atoms with Gasteiger partial charge < -0.3 is 14.5 Å². The molecule has 6 heteroatoms. The Kier molecular flexibility index (Phi) is 4.66. The number of methoxy groups -OCH3 is 1. The molecule has 0 saturated heterocycles. The first-order valence-electron chi connectivity index (χ1n) is 7.71. The van der Waals surface area contributed by atoms with Gasteiger partial charge in [-0.25, -0.2) is 9.07 Å². The summed E-state index contributed by atoms with van der Waals surface area (Å²) in [6.45, 7) is 3.09. The number of rotatable bonds is 6. The average molecular weight is 329 g/mol. The highest BCUT2D eigenvalue weighted by atomic mass is 19.1. The van der Waals surface area contributed by atoms with Gasteiger partial charge in [-0.3, -0.25) is 0 Å². The van der Waals surface area contributed by atoms with Crippen molar-refractivity contribution in [3.63, 3.8) is 0 Å². The van der Waals surface area contributed by atoms with Crippen LogP contribution >= 0.6 is 0 Å². The molecule has 2 heterocycles. The van der Waals surface area contributed by atoms with Gasteiger partial charge in [-0.05, 0) is 31.2 Å². The van der Waals surface area contributed by atoms with Gasteiger partial charge >= 0.3 is 0 Å². The van der Waals surface area contributed by atoms with Crippen LogP contribution in [0.1, 0.15) is 17.0 Å². The number of nitrogens with zero attached hydrogens (tertiary/aromatic N) is 2. The molecule has 0 aliphatic carbocycles. The zero-order chi connectivity index (χ0) is 17.1. The van der Waals surface area contributed by atoms with E-state index in [2.05, 4.69) is 10.4 Å². The maximum Gasteiger partial charge on any atom is 0.216 e. The summed E-state index contributed by atoms with van der Waals surface area (Å²) < 4.78 is 26.6. The van der Waals surface area contributed by atoms with Crippen LogP contribution in [0.5, 0.6) is 5.88 Å². The molecule has 1 aromatic carbocycles. The molecule has 0 atom stereocenters. The van der Waals surface area contributed by atoms with Crippen molar-refractivity contribution in [2.45, 2.75) is 20.0 Å². The van der Waals surface area contributed by atoms with Crippen molar-refractivity contribution in [1.29, 1.82) is 0 Å². The molecule has 3 aromatic rings. The van der Waals surface area contributed by atoms with E-state index in [9.17, 15) is 4.39 Å². The maximum atomic E-state index is 13.8. The maximum absolute atomic E-state index is 13.8. The minimum atomic E-state index is -0.290. The molecule has 126 valence electrons. The van der Waals surface area contributed by atoms with Crippen molar-refractivity contribution in [1.82, 2.24) is 15.1 Å². The lowest BCUT2D eigenvalue weighted by Gasteiger charge is -2.06. The van der Waals surface area contributed by atoms with Crippen molar-refractivity contribution in [2.24, 2.45) is 7.05 Å². The molecule has 0 aliphatic heterocycles. The van der Waals surface area contributed by atoms with Crippen molar-refractivity contribution in [3.05, 3.63) is 59.2 Å². The van der Waals surface area contributed by atoms with Crippen LogP contribution in [0.4, 0.5) is 4.39 Å². The molecular formula is C18H20FN3O2. The van der Waals surface area contributed by atoms with Gasteiger partial charge in [0.15, 0.2) is 0 Å². The Balaban J connectivity index is 1.66. The number of hydrogen-bond acceptors (Lipinski definition) is 4. The second kappa shape index (κ2) is 6.88. The summed E-state index contributed by atoms with van der Waals surface area (Å²) in [6.07, 6.45) is 0. The smallest absolute Gasteiger partial charge is 0.216 e. The molecule has 0 amide bonds. The number of hydrogen-bond donors (Lipinski definition) is 1. The second-order valence-corrected chi connectivity index (χ2v) is 5.55. The van der Waals surface area contributed by atoms with Gasteiger partial charge in [0, 0.05) is 13.6 Å². The van der Waals surface area contributed by atoms with Crippen LogP contribution in [0.3, 0.4) is 0 Å². The number of halogens is 1. The molecule has 5 nitrogen and oxygen atoms in total. The Hall–Kier alpha value is -2.60. The monoisotopic (exact) mass is 329 g/mol. The molecular weight excluding hydrogens is 309 g/mol. The highest BCUT2D eigenvalue weighted by molar-refractivity contribution is 5.58. The first-order chi connectivity index (χ1) is 11.6. The molecule has 1 N–H and O–H groups in total. The SMILES string of the molecule is COc1c(CNCc2ccc(-c3ccccc3F)o2)c(C)nn1C. The summed E-state index contributed by atoms with van der Waals surface area (Å²) >= 11 is 0. The van der Waals surface area contributed by atoms with Gasteiger partial charge in [-0.2, -0.15) is 5.10 Å². The summed E-state index contributed by atoms with van der Waals surface area (Å²) in [5, 5.41) is 7.65. The number of furan rings is 1. The minimum Gasteiger partial charge on any atom is -0.481 e. The molecule has 0 fully saturated rings. The van der Waals surface area contributed by atoms with Gasteiger partial charge in [-0.15, -0.1) is 0 Å². The zero-order valence-electron chi connectivity index (χ0n) is 14.0. The van der Waals surface area contributed by atoms with E-state index in [-0.39, 0.29) is 5.82 Å². The van der Waals surface area contributed by atoms with Gasteiger partial charge in [0.25, 0.3) is 0 Å². The van der Waals surface area contributed by atoms with Gasteiger partial charge in [0.1, 0.15) is 17.3 Å². The Morgan fingerprint density at radius 3 is 2.75 bits per heavy atom. The number of nitrogens with one attached hydrogen (secondary N) is 1. The number of benzene rings is 1. The predicted octanol–water partition coefficient (Wildman–Crippen LogP) is 3.43. The van der Waals surface area contributed by atoms with Crippen molar-refractivity contribution >= 4 is 0 Å². The fourth-order valence-electron chi connectivity index (χ4n) is 2.73. The topological polar surface area (TPSA) is 52.2 Å². The van der Waals surface area contributed by atoms with Crippen molar-refractivity contribution in [3.8, 4) is 17.2 Å². The lowest BCUT2D eigenvalue weighted by atomic mass is 10.1. The standard InChI is InChI=1S/C18H20FN3O2/c1-12-15(18(23-3)22(2)21-12)11-20-10-13-8-9-17(24-13)14-6-4-5-7-16(14)19/h4-9,20H,10-11H2,1-3H3. The van der Waals surface area contributed by atoms with E-state index in [1.54, 1.807) is 36.1 Å². The van der Waals surface area contributed by atoms with E-state index >= 15 is 0 Å². The first-order valence-corrected chi connectivity index (χ1v) is 7.71. The van der Waals surface area contributed by atoms with Crippen molar-refractivity contribution in [2.75, 3.05) is 7.11 Å². The molecule has 2 aromatic heterocycles. The highest BCUT2D eigenvalue weighted by Crippen LogP contribution is 2.25. The third-order valence-electron chi connectivity index (χ3n) is 3.88. The van der Waals surface area contributed by atoms with E-state index in [0.717, 1.165) is 22.9 Å². The van der Waals surface area contributed by atoms with E-state index in [1.165, 1.54) is 6.07 Å². The molecule has 0 radical (unpaired) electrons. The first kappa shape index (κ1) is 16.3. The van der Waals surface area contributed by atoms with Crippen LogP contribution in [0.2, 0.25) is 0 Å². The molecule has 0 aliphatic rings. The summed E-state index contributed by atoms with van der Waals surface area (Å²) in [7, 11) is 3.48. The molecule has 0 spiro atoms. The predicted molar refractivity (Wildman–Crippen MR) is 89.1 cm³/mol. The lowest BCUT2D eigenvalue weighted by Crippen LogP contribution is -2.13. The van der Waals surface area contributed by atoms with Crippen molar-refractivity contribution < 1.29 is 13.5 Å². The lowest BCUT2D eigenvalue weighted by molar-refractivity contribution is 0.367. The number of aryl methyl sites for hydroxylation is 2. The highest BCUT2D eigenvalue weighted by Gasteiger charge is 2.14. The largest absolute Gasteiger partial charge is 0.481 e. The quantitative estimate of drug-likeness (QED) is 0.753. The van der Waals surface area contributed by atoms with Crippen LogP contribution in [-0.4, -0.2) is 16.9 Å². The van der Waals surface area contributed by atoms with E-state index in [1.807, 2.05) is 20.0 Å². The van der Waals surface area contributed by atoms with Crippen LogP contribution in [0.25, 0.3) is 11.3 Å². The van der Waals surface area contributed by atoms with Crippen LogP contribution in [-0.2, 0) is 20.1 Å². The third-order valence-corrected chi connectivity index (χ3v) is 3.88. The summed E-state index contributed by atoms with van der Waals surface area (Å²) in [4.78, 5) is 0. The fraction of sp³-hybridized carbons (Fsp3) is 0.278. The van der Waals surface area contributed by atoms with Gasteiger partial charge in [0.2, 0.25) is 5.88 Å². The fourth-order valence-corrected chi connectivity index (χ4v) is 2.73. The van der Waals surface area contributed by atoms with Crippen LogP contribution in [0.15, 0.2) is 40.8 Å². The second-order valence-electron chi connectivity index (χ2n) is 5.55. The summed E-state index contributed by atoms with van der Waals surface area (Å²) in [6, 6.07) is 10.2. The molecule has 0 unspecified atom stereocenters. The third kappa shape index (κ3) is 3.19. The molecule has 0 saturated carbocycles. The van der Waals surface area contributed by atoms with E-state index < -0.39 is 0 Å². The molecule has 24 heavy (non-hydrogen) atoms. The van der Waals surface area contributed by atoms with Crippen LogP contribution < -0.4 is 10.1 Å². The van der Waals surface area contributed by atoms with Crippen LogP contribution in [0, 0.1) is 12.7 Å². The number of ether oxygens (including phenoxy) is 1. The summed E-state index contributed by atoms with van der Waals surface area (Å²) in [5.41, 5.74) is 2.41. The molecule has 0 bridgehead atoms. The normalized spacial score (nSPS) is 11.0. The number of aromatic nitrogens is 2. The Morgan fingerprint density at radius 2 is 2.00 bits per heavy atom.